The van der Waals surface area contributed by atoms with Crippen molar-refractivity contribution in [2.24, 2.45) is 11.8 Å². The van der Waals surface area contributed by atoms with Gasteiger partial charge in [-0.05, 0) is 31.1 Å². The minimum atomic E-state index is -0.762. The summed E-state index contributed by atoms with van der Waals surface area (Å²) in [6.45, 7) is 11.4. The lowest BCUT2D eigenvalue weighted by molar-refractivity contribution is -0.167. The molecule has 0 N–H and O–H groups in total. The average molecular weight is 892 g/mol. The Hall–Kier alpha value is -1.59. The van der Waals surface area contributed by atoms with E-state index in [0.717, 1.165) is 69.6 Å². The van der Waals surface area contributed by atoms with Crippen LogP contribution in [0.5, 0.6) is 0 Å². The van der Waals surface area contributed by atoms with Crippen LogP contribution in [0.2, 0.25) is 0 Å². The molecule has 63 heavy (non-hydrogen) atoms. The van der Waals surface area contributed by atoms with E-state index in [1.54, 1.807) is 0 Å². The van der Waals surface area contributed by atoms with Gasteiger partial charge in [-0.25, -0.2) is 0 Å². The third-order valence-corrected chi connectivity index (χ3v) is 13.3. The largest absolute Gasteiger partial charge is 0.462 e. The van der Waals surface area contributed by atoms with E-state index in [1.165, 1.54) is 205 Å². The van der Waals surface area contributed by atoms with E-state index < -0.39 is 6.10 Å². The minimum absolute atomic E-state index is 0.0633. The highest BCUT2D eigenvalue weighted by atomic mass is 16.6. The van der Waals surface area contributed by atoms with Crippen LogP contribution in [0, 0.1) is 11.8 Å². The van der Waals surface area contributed by atoms with E-state index in [9.17, 15) is 14.4 Å². The van der Waals surface area contributed by atoms with Crippen molar-refractivity contribution in [2.45, 2.75) is 323 Å². The fourth-order valence-electron chi connectivity index (χ4n) is 8.66. The Kier molecular flexibility index (Phi) is 48.6. The van der Waals surface area contributed by atoms with Gasteiger partial charge in [0.2, 0.25) is 0 Å². The summed E-state index contributed by atoms with van der Waals surface area (Å²) >= 11 is 0. The van der Waals surface area contributed by atoms with Crippen LogP contribution in [0.3, 0.4) is 0 Å². The zero-order chi connectivity index (χ0) is 46.1. The minimum Gasteiger partial charge on any atom is -0.462 e. The zero-order valence-corrected chi connectivity index (χ0v) is 43.2. The summed E-state index contributed by atoms with van der Waals surface area (Å²) in [5.41, 5.74) is 0. The van der Waals surface area contributed by atoms with E-state index >= 15 is 0 Å². The van der Waals surface area contributed by atoms with Crippen molar-refractivity contribution in [3.8, 4) is 0 Å². The van der Waals surface area contributed by atoms with Crippen LogP contribution in [0.15, 0.2) is 0 Å². The van der Waals surface area contributed by atoms with Gasteiger partial charge in [0.25, 0.3) is 0 Å². The van der Waals surface area contributed by atoms with E-state index in [4.69, 9.17) is 14.2 Å². The van der Waals surface area contributed by atoms with Gasteiger partial charge in [0.05, 0.1) is 0 Å². The molecule has 0 saturated carbocycles. The monoisotopic (exact) mass is 891 g/mol. The summed E-state index contributed by atoms with van der Waals surface area (Å²) in [5, 5.41) is 0. The third kappa shape index (κ3) is 49.7. The van der Waals surface area contributed by atoms with Crippen LogP contribution in [0.4, 0.5) is 0 Å². The maximum absolute atomic E-state index is 12.8. The van der Waals surface area contributed by atoms with E-state index in [0.29, 0.717) is 19.3 Å². The first-order valence-electron chi connectivity index (χ1n) is 28.3. The van der Waals surface area contributed by atoms with Crippen molar-refractivity contribution >= 4 is 17.9 Å². The Balaban J connectivity index is 4.22. The average Bonchev–Trinajstić information content (AvgIpc) is 3.27. The van der Waals surface area contributed by atoms with Gasteiger partial charge in [-0.2, -0.15) is 0 Å². The van der Waals surface area contributed by atoms with Gasteiger partial charge < -0.3 is 14.2 Å². The highest BCUT2D eigenvalue weighted by Crippen LogP contribution is 2.18. The van der Waals surface area contributed by atoms with Gasteiger partial charge in [0.15, 0.2) is 6.10 Å². The van der Waals surface area contributed by atoms with Gasteiger partial charge in [-0.15, -0.1) is 0 Å². The van der Waals surface area contributed by atoms with Crippen molar-refractivity contribution < 1.29 is 28.6 Å². The van der Waals surface area contributed by atoms with Crippen molar-refractivity contribution in [3.05, 3.63) is 0 Å². The molecule has 0 rings (SSSR count). The van der Waals surface area contributed by atoms with Crippen molar-refractivity contribution in [1.82, 2.24) is 0 Å². The fraction of sp³-hybridized carbons (Fsp3) is 0.947. The summed E-state index contributed by atoms with van der Waals surface area (Å²) in [6.07, 6.45) is 52.3. The number of esters is 3. The third-order valence-electron chi connectivity index (χ3n) is 13.3. The van der Waals surface area contributed by atoms with Gasteiger partial charge in [-0.3, -0.25) is 14.4 Å². The molecule has 0 amide bonds. The summed E-state index contributed by atoms with van der Waals surface area (Å²) in [6, 6.07) is 0. The number of carbonyl (C=O) groups excluding carboxylic acids is 3. The number of hydrogen-bond acceptors (Lipinski definition) is 6. The summed E-state index contributed by atoms with van der Waals surface area (Å²) in [4.78, 5) is 38.0. The molecule has 6 nitrogen and oxygen atoms in total. The van der Waals surface area contributed by atoms with Gasteiger partial charge >= 0.3 is 17.9 Å². The van der Waals surface area contributed by atoms with Crippen LogP contribution in [-0.4, -0.2) is 37.2 Å². The number of hydrogen-bond donors (Lipinski definition) is 0. The van der Waals surface area contributed by atoms with E-state index in [-0.39, 0.29) is 31.1 Å². The smallest absolute Gasteiger partial charge is 0.306 e. The Bertz CT molecular complexity index is 964. The molecule has 0 saturated heterocycles. The number of unbranched alkanes of at least 4 members (excludes halogenated alkanes) is 35. The summed E-state index contributed by atoms with van der Waals surface area (Å²) in [7, 11) is 0. The van der Waals surface area contributed by atoms with E-state index in [2.05, 4.69) is 34.6 Å². The SMILES string of the molecule is CCCCCCCCCCCCCCC(=O)OC[C@@H](COC(=O)CCCCCCCCCCCCCCCCCCCCC(C)C)OC(=O)CCCCCCCCCCC(C)CC. The molecular weight excluding hydrogens is 781 g/mol. The fourth-order valence-corrected chi connectivity index (χ4v) is 8.66. The molecule has 0 radical (unpaired) electrons. The molecule has 0 aromatic carbocycles. The maximum Gasteiger partial charge on any atom is 0.306 e. The lowest BCUT2D eigenvalue weighted by atomic mass is 9.99. The lowest BCUT2D eigenvalue weighted by Gasteiger charge is -2.18. The predicted molar refractivity (Wildman–Crippen MR) is 270 cm³/mol. The second-order valence-corrected chi connectivity index (χ2v) is 20.3. The quantitative estimate of drug-likeness (QED) is 0.0344. The van der Waals surface area contributed by atoms with Gasteiger partial charge in [-0.1, -0.05) is 279 Å². The Morgan fingerprint density at radius 2 is 0.603 bits per heavy atom. The molecule has 0 fully saturated rings. The van der Waals surface area contributed by atoms with Crippen LogP contribution in [-0.2, 0) is 28.6 Å². The summed E-state index contributed by atoms with van der Waals surface area (Å²) < 4.78 is 16.8. The Labute approximate surface area is 393 Å². The molecule has 0 spiro atoms. The molecule has 0 aliphatic carbocycles. The molecule has 0 aliphatic heterocycles. The summed E-state index contributed by atoms with van der Waals surface area (Å²) in [5.74, 6) is 0.860. The zero-order valence-electron chi connectivity index (χ0n) is 43.2. The van der Waals surface area contributed by atoms with Crippen molar-refractivity contribution in [2.75, 3.05) is 13.2 Å². The highest BCUT2D eigenvalue weighted by Gasteiger charge is 2.19. The number of carbonyl (C=O) groups is 3. The van der Waals surface area contributed by atoms with Crippen LogP contribution >= 0.6 is 0 Å². The number of ether oxygens (including phenoxy) is 3. The van der Waals surface area contributed by atoms with Gasteiger partial charge in [0, 0.05) is 19.3 Å². The number of rotatable bonds is 51. The topological polar surface area (TPSA) is 78.9 Å². The molecular formula is C57H110O6. The Morgan fingerprint density at radius 3 is 0.905 bits per heavy atom. The normalized spacial score (nSPS) is 12.5. The van der Waals surface area contributed by atoms with Gasteiger partial charge in [0.1, 0.15) is 13.2 Å². The Morgan fingerprint density at radius 1 is 0.333 bits per heavy atom. The van der Waals surface area contributed by atoms with E-state index in [1.807, 2.05) is 0 Å². The lowest BCUT2D eigenvalue weighted by Crippen LogP contribution is -2.30. The highest BCUT2D eigenvalue weighted by molar-refractivity contribution is 5.71. The first kappa shape index (κ1) is 61.4. The van der Waals surface area contributed by atoms with Crippen molar-refractivity contribution in [3.63, 3.8) is 0 Å². The molecule has 0 heterocycles. The molecule has 0 aromatic heterocycles. The first-order chi connectivity index (χ1) is 30.8. The molecule has 0 bridgehead atoms. The van der Waals surface area contributed by atoms with Crippen LogP contribution < -0.4 is 0 Å². The standard InChI is InChI=1S/C57H110O6/c1-6-8-9-10-11-12-13-23-26-32-37-42-47-55(58)61-50-54(63-57(60)49-44-39-34-29-28-31-36-41-46-53(5)7-2)51-62-56(59)48-43-38-33-27-24-21-19-17-15-14-16-18-20-22-25-30-35-40-45-52(3)4/h52-54H,6-51H2,1-5H3/t53?,54-/m0/s1. The molecule has 0 aromatic rings. The molecule has 0 aliphatic rings. The van der Waals surface area contributed by atoms with Crippen LogP contribution in [0.25, 0.3) is 0 Å². The first-order valence-corrected chi connectivity index (χ1v) is 28.3. The second-order valence-electron chi connectivity index (χ2n) is 20.3. The van der Waals surface area contributed by atoms with Crippen LogP contribution in [0.1, 0.15) is 317 Å². The second kappa shape index (κ2) is 49.8. The maximum atomic E-state index is 12.8. The molecule has 374 valence electrons. The predicted octanol–water partition coefficient (Wildman–Crippen LogP) is 18.5. The molecule has 2 atom stereocenters. The molecule has 6 heteroatoms. The molecule has 1 unspecified atom stereocenters. The van der Waals surface area contributed by atoms with Crippen molar-refractivity contribution in [1.29, 1.82) is 0 Å².